The molecule has 274 valence electrons. The molecule has 0 spiro atoms. The number of benzene rings is 5. The number of hydrogen-bond acceptors (Lipinski definition) is 4. The Bertz CT molecular complexity index is 1830. The number of aromatic hydroxyl groups is 2. The summed E-state index contributed by atoms with van der Waals surface area (Å²) in [4.78, 5) is 2.29. The van der Waals surface area contributed by atoms with E-state index in [4.69, 9.17) is 4.74 Å². The van der Waals surface area contributed by atoms with Crippen LogP contribution < -0.4 is 0 Å². The van der Waals surface area contributed by atoms with Gasteiger partial charge in [0.25, 0.3) is 0 Å². The van der Waals surface area contributed by atoms with E-state index in [0.717, 1.165) is 44.5 Å². The van der Waals surface area contributed by atoms with E-state index in [1.165, 1.54) is 5.56 Å². The van der Waals surface area contributed by atoms with Crippen molar-refractivity contribution in [3.05, 3.63) is 165 Å². The highest BCUT2D eigenvalue weighted by Gasteiger charge is 2.41. The molecule has 0 aliphatic carbocycles. The van der Waals surface area contributed by atoms with Gasteiger partial charge < -0.3 is 14.9 Å². The van der Waals surface area contributed by atoms with E-state index in [1.54, 1.807) is 7.11 Å². The Morgan fingerprint density at radius 3 is 1.19 bits per heavy atom. The van der Waals surface area contributed by atoms with Crippen molar-refractivity contribution in [1.82, 2.24) is 4.90 Å². The standard InChI is InChI=1S/C48H59NO3/c1-45(2,3)39-28-34(43(50)41(30-39)47(7,8)9)32-49(26-27-52-10)33-35-29-40(46(4,5)6)31-42(44(35)51)48(36-20-14-11-15-21-36,37-22-16-12-17-23-37)38-24-18-13-19-25-38/h11-25,28-31,50-51H,26-27,32-33H2,1-10H3. The Morgan fingerprint density at radius 1 is 0.481 bits per heavy atom. The summed E-state index contributed by atoms with van der Waals surface area (Å²) in [5, 5.41) is 24.6. The molecule has 0 fully saturated rings. The maximum atomic E-state index is 12.8. The highest BCUT2D eigenvalue weighted by Crippen LogP contribution is 2.50. The number of nitrogens with zero attached hydrogens (tertiary/aromatic N) is 1. The molecule has 5 aromatic rings. The lowest BCUT2D eigenvalue weighted by Crippen LogP contribution is -2.32. The second kappa shape index (κ2) is 15.3. The van der Waals surface area contributed by atoms with Gasteiger partial charge in [-0.25, -0.2) is 0 Å². The van der Waals surface area contributed by atoms with Gasteiger partial charge in [0.15, 0.2) is 0 Å². The lowest BCUT2D eigenvalue weighted by Gasteiger charge is -2.39. The SMILES string of the molecule is COCCN(Cc1cc(C(C)(C)C)cc(C(C)(C)C)c1O)Cc1cc(C(C)(C)C)cc(C(c2ccccc2)(c2ccccc2)c2ccccc2)c1O. The predicted molar refractivity (Wildman–Crippen MR) is 217 cm³/mol. The molecular weight excluding hydrogens is 639 g/mol. The summed E-state index contributed by atoms with van der Waals surface area (Å²) in [6.45, 7) is 21.9. The molecule has 0 radical (unpaired) electrons. The fraction of sp³-hybridized carbons (Fsp3) is 0.375. The van der Waals surface area contributed by atoms with E-state index in [0.29, 0.717) is 32.0 Å². The van der Waals surface area contributed by atoms with E-state index in [2.05, 4.69) is 164 Å². The Hall–Kier alpha value is -4.38. The molecule has 5 aromatic carbocycles. The Morgan fingerprint density at radius 2 is 0.846 bits per heavy atom. The van der Waals surface area contributed by atoms with Crippen molar-refractivity contribution in [1.29, 1.82) is 0 Å². The number of phenols is 2. The van der Waals surface area contributed by atoms with Crippen LogP contribution in [0.3, 0.4) is 0 Å². The van der Waals surface area contributed by atoms with Gasteiger partial charge in [-0.1, -0.05) is 172 Å². The minimum atomic E-state index is -0.803. The molecule has 0 bridgehead atoms. The van der Waals surface area contributed by atoms with Crippen LogP contribution in [0.1, 0.15) is 112 Å². The maximum Gasteiger partial charge on any atom is 0.124 e. The predicted octanol–water partition coefficient (Wildman–Crippen LogP) is 11.0. The van der Waals surface area contributed by atoms with Crippen LogP contribution in [0.15, 0.2) is 115 Å². The van der Waals surface area contributed by atoms with Crippen molar-refractivity contribution in [2.24, 2.45) is 0 Å². The van der Waals surface area contributed by atoms with Crippen molar-refractivity contribution in [2.75, 3.05) is 20.3 Å². The number of hydrogen-bond donors (Lipinski definition) is 2. The van der Waals surface area contributed by atoms with Crippen molar-refractivity contribution >= 4 is 0 Å². The third-order valence-corrected chi connectivity index (χ3v) is 10.3. The Kier molecular flexibility index (Phi) is 11.4. The summed E-state index contributed by atoms with van der Waals surface area (Å²) in [5.41, 5.74) is 7.74. The summed E-state index contributed by atoms with van der Waals surface area (Å²) in [6, 6.07) is 40.4. The monoisotopic (exact) mass is 697 g/mol. The first kappa shape index (κ1) is 38.8. The Balaban J connectivity index is 1.77. The molecule has 52 heavy (non-hydrogen) atoms. The lowest BCUT2D eigenvalue weighted by atomic mass is 9.63. The van der Waals surface area contributed by atoms with Crippen molar-refractivity contribution in [2.45, 2.75) is 97.1 Å². The molecule has 0 saturated carbocycles. The van der Waals surface area contributed by atoms with E-state index < -0.39 is 5.41 Å². The van der Waals surface area contributed by atoms with Gasteiger partial charge in [-0.05, 0) is 55.7 Å². The van der Waals surface area contributed by atoms with Crippen molar-refractivity contribution < 1.29 is 14.9 Å². The zero-order valence-corrected chi connectivity index (χ0v) is 33.0. The minimum Gasteiger partial charge on any atom is -0.507 e. The molecule has 0 unspecified atom stereocenters. The first-order chi connectivity index (χ1) is 24.5. The first-order valence-electron chi connectivity index (χ1n) is 18.6. The molecule has 4 heteroatoms. The van der Waals surface area contributed by atoms with Gasteiger partial charge in [0, 0.05) is 43.4 Å². The van der Waals surface area contributed by atoms with E-state index in [9.17, 15) is 10.2 Å². The number of methoxy groups -OCH3 is 1. The first-order valence-corrected chi connectivity index (χ1v) is 18.6. The second-order valence-electron chi connectivity index (χ2n) is 17.4. The minimum absolute atomic E-state index is 0.0936. The largest absolute Gasteiger partial charge is 0.507 e. The number of rotatable bonds is 11. The number of phenolic OH excluding ortho intramolecular Hbond substituents is 2. The smallest absolute Gasteiger partial charge is 0.124 e. The van der Waals surface area contributed by atoms with Crippen LogP contribution in [-0.4, -0.2) is 35.4 Å². The van der Waals surface area contributed by atoms with E-state index in [-0.39, 0.29) is 22.0 Å². The molecule has 0 saturated heterocycles. The summed E-state index contributed by atoms with van der Waals surface area (Å²) in [7, 11) is 1.72. The molecule has 5 rings (SSSR count). The third kappa shape index (κ3) is 8.14. The lowest BCUT2D eigenvalue weighted by molar-refractivity contribution is 0.138. The molecule has 0 heterocycles. The van der Waals surface area contributed by atoms with Gasteiger partial charge in [0.1, 0.15) is 11.5 Å². The van der Waals surface area contributed by atoms with Crippen molar-refractivity contribution in [3.8, 4) is 11.5 Å². The summed E-state index contributed by atoms with van der Waals surface area (Å²) in [5.74, 6) is 0.613. The fourth-order valence-corrected chi connectivity index (χ4v) is 7.30. The van der Waals surface area contributed by atoms with Gasteiger partial charge in [-0.15, -0.1) is 0 Å². The van der Waals surface area contributed by atoms with E-state index in [1.807, 2.05) is 18.2 Å². The molecule has 2 N–H and O–H groups in total. The summed E-state index contributed by atoms with van der Waals surface area (Å²) < 4.78 is 5.63. The zero-order chi connectivity index (χ0) is 37.9. The van der Waals surface area contributed by atoms with Crippen LogP contribution in [0.25, 0.3) is 0 Å². The topological polar surface area (TPSA) is 52.9 Å². The average molecular weight is 698 g/mol. The van der Waals surface area contributed by atoms with Crippen LogP contribution in [0.4, 0.5) is 0 Å². The molecular formula is C48H59NO3. The molecule has 0 aromatic heterocycles. The maximum absolute atomic E-state index is 12.8. The zero-order valence-electron chi connectivity index (χ0n) is 33.0. The number of ether oxygens (including phenoxy) is 1. The molecule has 0 aliphatic rings. The summed E-state index contributed by atoms with van der Waals surface area (Å²) >= 11 is 0. The van der Waals surface area contributed by atoms with E-state index >= 15 is 0 Å². The summed E-state index contributed by atoms with van der Waals surface area (Å²) in [6.07, 6.45) is 0. The van der Waals surface area contributed by atoms with Crippen LogP contribution in [0.2, 0.25) is 0 Å². The van der Waals surface area contributed by atoms with Crippen LogP contribution >= 0.6 is 0 Å². The normalized spacial score (nSPS) is 12.8. The highest BCUT2D eigenvalue weighted by molar-refractivity contribution is 5.65. The van der Waals surface area contributed by atoms with Crippen LogP contribution in [-0.2, 0) is 39.5 Å². The molecule has 4 nitrogen and oxygen atoms in total. The van der Waals surface area contributed by atoms with Crippen LogP contribution in [0.5, 0.6) is 11.5 Å². The molecule has 0 aliphatic heterocycles. The second-order valence-corrected chi connectivity index (χ2v) is 17.4. The molecule has 0 amide bonds. The van der Waals surface area contributed by atoms with Gasteiger partial charge >= 0.3 is 0 Å². The van der Waals surface area contributed by atoms with Gasteiger partial charge in [0.05, 0.1) is 12.0 Å². The highest BCUT2D eigenvalue weighted by atomic mass is 16.5. The van der Waals surface area contributed by atoms with Gasteiger partial charge in [-0.2, -0.15) is 0 Å². The quantitative estimate of drug-likeness (QED) is 0.135. The Labute approximate surface area is 313 Å². The van der Waals surface area contributed by atoms with Crippen LogP contribution in [0, 0.1) is 0 Å². The average Bonchev–Trinajstić information content (AvgIpc) is 3.09. The fourth-order valence-electron chi connectivity index (χ4n) is 7.30. The third-order valence-electron chi connectivity index (χ3n) is 10.3. The van der Waals surface area contributed by atoms with Crippen molar-refractivity contribution in [3.63, 3.8) is 0 Å². The van der Waals surface area contributed by atoms with Gasteiger partial charge in [-0.3, -0.25) is 4.90 Å². The molecule has 0 atom stereocenters. The van der Waals surface area contributed by atoms with Gasteiger partial charge in [0.2, 0.25) is 0 Å².